The Kier molecular flexibility index (Phi) is 3.99. The zero-order valence-electron chi connectivity index (χ0n) is 9.61. The SMILES string of the molecule is Cc1cc(C(=O)N2CCS(=O)CC2)ccc1Br. The molecule has 0 atom stereocenters. The lowest BCUT2D eigenvalue weighted by Gasteiger charge is -2.26. The molecule has 0 unspecified atom stereocenters. The monoisotopic (exact) mass is 315 g/mol. The minimum Gasteiger partial charge on any atom is -0.337 e. The molecule has 92 valence electrons. The lowest BCUT2D eigenvalue weighted by atomic mass is 10.1. The van der Waals surface area contributed by atoms with Crippen LogP contribution in [0, 0.1) is 6.92 Å². The van der Waals surface area contributed by atoms with Crippen molar-refractivity contribution < 1.29 is 9.00 Å². The van der Waals surface area contributed by atoms with Gasteiger partial charge in [-0.25, -0.2) is 0 Å². The number of benzene rings is 1. The van der Waals surface area contributed by atoms with Crippen LogP contribution in [0.1, 0.15) is 15.9 Å². The topological polar surface area (TPSA) is 37.4 Å². The highest BCUT2D eigenvalue weighted by Gasteiger charge is 2.21. The van der Waals surface area contributed by atoms with Crippen LogP contribution in [-0.4, -0.2) is 39.6 Å². The van der Waals surface area contributed by atoms with E-state index in [4.69, 9.17) is 0 Å². The van der Waals surface area contributed by atoms with Crippen molar-refractivity contribution in [3.8, 4) is 0 Å². The molecule has 1 aliphatic rings. The third-order valence-electron chi connectivity index (χ3n) is 2.87. The fraction of sp³-hybridized carbons (Fsp3) is 0.417. The summed E-state index contributed by atoms with van der Waals surface area (Å²) in [5, 5.41) is 0. The molecule has 0 aliphatic carbocycles. The van der Waals surface area contributed by atoms with Gasteiger partial charge in [-0.15, -0.1) is 0 Å². The Morgan fingerprint density at radius 1 is 1.35 bits per heavy atom. The Bertz CT molecular complexity index is 466. The maximum absolute atomic E-state index is 12.2. The fourth-order valence-electron chi connectivity index (χ4n) is 1.80. The summed E-state index contributed by atoms with van der Waals surface area (Å²) >= 11 is 3.42. The van der Waals surface area contributed by atoms with Crippen molar-refractivity contribution in [1.29, 1.82) is 0 Å². The first-order valence-corrected chi connectivity index (χ1v) is 7.76. The number of rotatable bonds is 1. The number of aryl methyl sites for hydroxylation is 1. The molecule has 2 rings (SSSR count). The van der Waals surface area contributed by atoms with E-state index in [1.54, 1.807) is 4.90 Å². The van der Waals surface area contributed by atoms with E-state index in [-0.39, 0.29) is 5.91 Å². The van der Waals surface area contributed by atoms with Gasteiger partial charge in [0.25, 0.3) is 5.91 Å². The molecule has 0 aromatic heterocycles. The molecule has 0 saturated carbocycles. The number of halogens is 1. The molecule has 1 fully saturated rings. The van der Waals surface area contributed by atoms with E-state index in [9.17, 15) is 9.00 Å². The summed E-state index contributed by atoms with van der Waals surface area (Å²) in [6.07, 6.45) is 0. The molecule has 0 N–H and O–H groups in total. The Morgan fingerprint density at radius 3 is 2.59 bits per heavy atom. The van der Waals surface area contributed by atoms with Crippen LogP contribution in [0.4, 0.5) is 0 Å². The van der Waals surface area contributed by atoms with E-state index in [0.29, 0.717) is 30.2 Å². The number of nitrogens with zero attached hydrogens (tertiary/aromatic N) is 1. The van der Waals surface area contributed by atoms with E-state index in [1.807, 2.05) is 25.1 Å². The van der Waals surface area contributed by atoms with Crippen molar-refractivity contribution in [3.63, 3.8) is 0 Å². The van der Waals surface area contributed by atoms with Crippen molar-refractivity contribution in [2.45, 2.75) is 6.92 Å². The molecule has 1 aromatic carbocycles. The summed E-state index contributed by atoms with van der Waals surface area (Å²) < 4.78 is 12.2. The standard InChI is InChI=1S/C12H14BrNO2S/c1-9-8-10(2-3-11(9)13)12(15)14-4-6-17(16)7-5-14/h2-3,8H,4-7H2,1H3. The normalized spacial score (nSPS) is 17.2. The molecule has 0 spiro atoms. The zero-order valence-corrected chi connectivity index (χ0v) is 12.0. The maximum atomic E-state index is 12.2. The van der Waals surface area contributed by atoms with Crippen LogP contribution < -0.4 is 0 Å². The molecule has 1 saturated heterocycles. The van der Waals surface area contributed by atoms with Crippen LogP contribution in [0.3, 0.4) is 0 Å². The quantitative estimate of drug-likeness (QED) is 0.794. The highest BCUT2D eigenvalue weighted by atomic mass is 79.9. The molecular formula is C12H14BrNO2S. The predicted octanol–water partition coefficient (Wildman–Crippen LogP) is 1.96. The minimum absolute atomic E-state index is 0.0392. The third-order valence-corrected chi connectivity index (χ3v) is 5.04. The Hall–Kier alpha value is -0.680. The second-order valence-electron chi connectivity index (χ2n) is 4.10. The van der Waals surface area contributed by atoms with Crippen molar-refractivity contribution in [3.05, 3.63) is 33.8 Å². The summed E-state index contributed by atoms with van der Waals surface area (Å²) in [4.78, 5) is 14.0. The summed E-state index contributed by atoms with van der Waals surface area (Å²) in [7, 11) is -0.743. The van der Waals surface area contributed by atoms with Crippen LogP contribution in [0.25, 0.3) is 0 Å². The molecule has 1 amide bonds. The van der Waals surface area contributed by atoms with Gasteiger partial charge in [-0.1, -0.05) is 15.9 Å². The lowest BCUT2D eigenvalue weighted by molar-refractivity contribution is 0.0771. The summed E-state index contributed by atoms with van der Waals surface area (Å²) in [5.41, 5.74) is 1.76. The smallest absolute Gasteiger partial charge is 0.253 e. The van der Waals surface area contributed by atoms with Crippen molar-refractivity contribution in [2.24, 2.45) is 0 Å². The molecule has 17 heavy (non-hydrogen) atoms. The van der Waals surface area contributed by atoms with E-state index >= 15 is 0 Å². The second kappa shape index (κ2) is 5.31. The van der Waals surface area contributed by atoms with E-state index < -0.39 is 10.8 Å². The number of carbonyl (C=O) groups excluding carboxylic acids is 1. The molecular weight excluding hydrogens is 302 g/mol. The number of amides is 1. The summed E-state index contributed by atoms with van der Waals surface area (Å²) in [6, 6.07) is 5.60. The zero-order chi connectivity index (χ0) is 12.4. The molecule has 3 nitrogen and oxygen atoms in total. The summed E-state index contributed by atoms with van der Waals surface area (Å²) in [5.74, 6) is 1.24. The average Bonchev–Trinajstić information content (AvgIpc) is 2.33. The van der Waals surface area contributed by atoms with Crippen LogP contribution >= 0.6 is 15.9 Å². The fourth-order valence-corrected chi connectivity index (χ4v) is 3.10. The number of carbonyl (C=O) groups is 1. The van der Waals surface area contributed by atoms with Crippen LogP contribution in [-0.2, 0) is 10.8 Å². The van der Waals surface area contributed by atoms with Gasteiger partial charge in [-0.2, -0.15) is 0 Å². The molecule has 1 aliphatic heterocycles. The van der Waals surface area contributed by atoms with Gasteiger partial charge in [0.05, 0.1) is 0 Å². The Labute approximate surface area is 112 Å². The van der Waals surface area contributed by atoms with E-state index in [1.165, 1.54) is 0 Å². The van der Waals surface area contributed by atoms with Gasteiger partial charge in [0, 0.05) is 45.4 Å². The molecule has 0 radical (unpaired) electrons. The molecule has 0 bridgehead atoms. The Morgan fingerprint density at radius 2 is 2.00 bits per heavy atom. The van der Waals surface area contributed by atoms with Crippen LogP contribution in [0.5, 0.6) is 0 Å². The lowest BCUT2D eigenvalue weighted by Crippen LogP contribution is -2.41. The van der Waals surface area contributed by atoms with Gasteiger partial charge in [0.1, 0.15) is 0 Å². The highest BCUT2D eigenvalue weighted by molar-refractivity contribution is 9.10. The predicted molar refractivity (Wildman–Crippen MR) is 72.7 cm³/mol. The van der Waals surface area contributed by atoms with Gasteiger partial charge < -0.3 is 4.90 Å². The van der Waals surface area contributed by atoms with Gasteiger partial charge in [-0.3, -0.25) is 9.00 Å². The average molecular weight is 316 g/mol. The largest absolute Gasteiger partial charge is 0.337 e. The van der Waals surface area contributed by atoms with Crippen molar-refractivity contribution >= 4 is 32.6 Å². The first-order chi connectivity index (χ1) is 8.08. The molecule has 5 heteroatoms. The third kappa shape index (κ3) is 2.96. The van der Waals surface area contributed by atoms with Crippen LogP contribution in [0.2, 0.25) is 0 Å². The van der Waals surface area contributed by atoms with Gasteiger partial charge in [0.15, 0.2) is 0 Å². The number of hydrogen-bond donors (Lipinski definition) is 0. The van der Waals surface area contributed by atoms with Gasteiger partial charge in [0.2, 0.25) is 0 Å². The summed E-state index contributed by atoms with van der Waals surface area (Å²) in [6.45, 7) is 3.16. The molecule has 1 heterocycles. The highest BCUT2D eigenvalue weighted by Crippen LogP contribution is 2.18. The first-order valence-electron chi connectivity index (χ1n) is 5.48. The van der Waals surface area contributed by atoms with Crippen molar-refractivity contribution in [2.75, 3.05) is 24.6 Å². The Balaban J connectivity index is 2.14. The second-order valence-corrected chi connectivity index (χ2v) is 6.65. The molecule has 1 aromatic rings. The van der Waals surface area contributed by atoms with Gasteiger partial charge >= 0.3 is 0 Å². The van der Waals surface area contributed by atoms with E-state index in [2.05, 4.69) is 15.9 Å². The van der Waals surface area contributed by atoms with Gasteiger partial charge in [-0.05, 0) is 30.7 Å². The van der Waals surface area contributed by atoms with E-state index in [0.717, 1.165) is 10.0 Å². The maximum Gasteiger partial charge on any atom is 0.253 e. The first kappa shape index (κ1) is 12.8. The number of hydrogen-bond acceptors (Lipinski definition) is 2. The minimum atomic E-state index is -0.743. The van der Waals surface area contributed by atoms with Crippen LogP contribution in [0.15, 0.2) is 22.7 Å². The van der Waals surface area contributed by atoms with Crippen molar-refractivity contribution in [1.82, 2.24) is 4.90 Å².